The molecular weight excluding hydrogens is 204 g/mol. The molecule has 0 saturated carbocycles. The molecule has 1 aromatic carbocycles. The van der Waals surface area contributed by atoms with Crippen LogP contribution in [-0.4, -0.2) is 39.4 Å². The number of likely N-dealkylation sites (N-methyl/N-ethyl adjacent to an activating group) is 1. The Hall–Kier alpha value is -1.42. The molecule has 1 saturated heterocycles. The topological polar surface area (TPSA) is 33.7 Å². The van der Waals surface area contributed by atoms with Gasteiger partial charge in [0, 0.05) is 31.9 Å². The van der Waals surface area contributed by atoms with Gasteiger partial charge in [0.05, 0.1) is 6.04 Å². The van der Waals surface area contributed by atoms with Gasteiger partial charge < -0.3 is 19.7 Å². The van der Waals surface area contributed by atoms with Crippen LogP contribution < -0.4 is 19.7 Å². The van der Waals surface area contributed by atoms with E-state index in [0.29, 0.717) is 19.3 Å². The molecule has 0 amide bonds. The summed E-state index contributed by atoms with van der Waals surface area (Å²) < 4.78 is 11.1. The summed E-state index contributed by atoms with van der Waals surface area (Å²) in [6, 6.07) is 6.74. The Kier molecular flexibility index (Phi) is 2.36. The van der Waals surface area contributed by atoms with E-state index >= 15 is 0 Å². The average molecular weight is 220 g/mol. The minimum atomic E-state index is 0.600. The standard InChI is InChI=1S/C12H16N2O2/c1-14(10-7-13-8-10)9-2-3-11-12(6-9)16-5-4-15-11/h2-3,6,10,13H,4-5,7-8H2,1H3. The molecule has 4 heteroatoms. The molecule has 0 aliphatic carbocycles. The van der Waals surface area contributed by atoms with Gasteiger partial charge in [0.2, 0.25) is 0 Å². The van der Waals surface area contributed by atoms with Crippen molar-refractivity contribution in [3.05, 3.63) is 18.2 Å². The molecule has 0 radical (unpaired) electrons. The third-order valence-electron chi connectivity index (χ3n) is 3.24. The van der Waals surface area contributed by atoms with Gasteiger partial charge >= 0.3 is 0 Å². The summed E-state index contributed by atoms with van der Waals surface area (Å²) in [5, 5.41) is 3.28. The van der Waals surface area contributed by atoms with Gasteiger partial charge in [0.15, 0.2) is 11.5 Å². The lowest BCUT2D eigenvalue weighted by atomic mass is 10.1. The number of fused-ring (bicyclic) bond motifs is 1. The molecule has 0 unspecified atom stereocenters. The molecule has 4 nitrogen and oxygen atoms in total. The van der Waals surface area contributed by atoms with Crippen molar-refractivity contribution in [1.82, 2.24) is 5.32 Å². The van der Waals surface area contributed by atoms with Gasteiger partial charge in [-0.15, -0.1) is 0 Å². The monoisotopic (exact) mass is 220 g/mol. The Morgan fingerprint density at radius 2 is 1.94 bits per heavy atom. The average Bonchev–Trinajstić information content (AvgIpc) is 2.26. The maximum atomic E-state index is 5.58. The van der Waals surface area contributed by atoms with E-state index in [2.05, 4.69) is 29.4 Å². The van der Waals surface area contributed by atoms with Crippen molar-refractivity contribution in [2.75, 3.05) is 38.3 Å². The molecule has 1 N–H and O–H groups in total. The summed E-state index contributed by atoms with van der Waals surface area (Å²) in [5.41, 5.74) is 1.19. The Labute approximate surface area is 95.1 Å². The molecule has 2 aliphatic rings. The number of anilines is 1. The van der Waals surface area contributed by atoms with Crippen LogP contribution in [0.5, 0.6) is 11.5 Å². The van der Waals surface area contributed by atoms with Gasteiger partial charge in [-0.1, -0.05) is 0 Å². The van der Waals surface area contributed by atoms with Gasteiger partial charge in [-0.25, -0.2) is 0 Å². The number of benzene rings is 1. The fraction of sp³-hybridized carbons (Fsp3) is 0.500. The molecule has 3 rings (SSSR count). The minimum Gasteiger partial charge on any atom is -0.486 e. The summed E-state index contributed by atoms with van der Waals surface area (Å²) >= 11 is 0. The highest BCUT2D eigenvalue weighted by molar-refractivity contribution is 5.57. The molecule has 16 heavy (non-hydrogen) atoms. The Morgan fingerprint density at radius 1 is 1.19 bits per heavy atom. The second kappa shape index (κ2) is 3.87. The van der Waals surface area contributed by atoms with E-state index in [1.807, 2.05) is 6.07 Å². The zero-order valence-corrected chi connectivity index (χ0v) is 9.40. The van der Waals surface area contributed by atoms with Crippen LogP contribution in [0.25, 0.3) is 0 Å². The molecule has 1 fully saturated rings. The van der Waals surface area contributed by atoms with Crippen molar-refractivity contribution >= 4 is 5.69 Å². The van der Waals surface area contributed by atoms with Crippen LogP contribution in [0, 0.1) is 0 Å². The number of hydrogen-bond donors (Lipinski definition) is 1. The van der Waals surface area contributed by atoms with Gasteiger partial charge in [-0.3, -0.25) is 0 Å². The first kappa shape index (κ1) is 9.78. The normalized spacial score (nSPS) is 19.1. The van der Waals surface area contributed by atoms with Crippen LogP contribution in [0.2, 0.25) is 0 Å². The highest BCUT2D eigenvalue weighted by Gasteiger charge is 2.23. The molecule has 2 aliphatic heterocycles. The fourth-order valence-corrected chi connectivity index (χ4v) is 2.01. The van der Waals surface area contributed by atoms with Crippen LogP contribution in [0.15, 0.2) is 18.2 Å². The van der Waals surface area contributed by atoms with E-state index in [-0.39, 0.29) is 0 Å². The maximum Gasteiger partial charge on any atom is 0.163 e. The van der Waals surface area contributed by atoms with Crippen molar-refractivity contribution in [2.24, 2.45) is 0 Å². The molecule has 0 aromatic heterocycles. The quantitative estimate of drug-likeness (QED) is 0.801. The SMILES string of the molecule is CN(c1ccc2c(c1)OCCO2)C1CNC1. The second-order valence-electron chi connectivity index (χ2n) is 4.25. The summed E-state index contributed by atoms with van der Waals surface area (Å²) in [5.74, 6) is 1.72. The van der Waals surface area contributed by atoms with Crippen molar-refractivity contribution in [3.63, 3.8) is 0 Å². The minimum absolute atomic E-state index is 0.600. The number of ether oxygens (including phenoxy) is 2. The molecule has 0 bridgehead atoms. The lowest BCUT2D eigenvalue weighted by Gasteiger charge is -2.37. The first-order chi connectivity index (χ1) is 7.84. The van der Waals surface area contributed by atoms with Crippen molar-refractivity contribution in [1.29, 1.82) is 0 Å². The van der Waals surface area contributed by atoms with E-state index in [4.69, 9.17) is 9.47 Å². The van der Waals surface area contributed by atoms with E-state index in [9.17, 15) is 0 Å². The fourth-order valence-electron chi connectivity index (χ4n) is 2.01. The highest BCUT2D eigenvalue weighted by atomic mass is 16.6. The van der Waals surface area contributed by atoms with Gasteiger partial charge in [-0.05, 0) is 12.1 Å². The van der Waals surface area contributed by atoms with E-state index < -0.39 is 0 Å². The van der Waals surface area contributed by atoms with Crippen LogP contribution in [-0.2, 0) is 0 Å². The first-order valence-corrected chi connectivity index (χ1v) is 5.68. The Bertz CT molecular complexity index is 391. The lowest BCUT2D eigenvalue weighted by molar-refractivity contribution is 0.171. The van der Waals surface area contributed by atoms with E-state index in [0.717, 1.165) is 24.6 Å². The molecule has 0 atom stereocenters. The highest BCUT2D eigenvalue weighted by Crippen LogP contribution is 2.34. The van der Waals surface area contributed by atoms with E-state index in [1.54, 1.807) is 0 Å². The molecule has 2 heterocycles. The number of rotatable bonds is 2. The Balaban J connectivity index is 1.84. The number of nitrogens with zero attached hydrogens (tertiary/aromatic N) is 1. The van der Waals surface area contributed by atoms with Gasteiger partial charge in [-0.2, -0.15) is 0 Å². The lowest BCUT2D eigenvalue weighted by Crippen LogP contribution is -2.56. The van der Waals surface area contributed by atoms with Crippen molar-refractivity contribution in [3.8, 4) is 11.5 Å². The summed E-state index contributed by atoms with van der Waals surface area (Å²) in [7, 11) is 2.12. The largest absolute Gasteiger partial charge is 0.486 e. The number of nitrogens with one attached hydrogen (secondary N) is 1. The Morgan fingerprint density at radius 3 is 2.62 bits per heavy atom. The third-order valence-corrected chi connectivity index (χ3v) is 3.24. The van der Waals surface area contributed by atoms with Crippen LogP contribution in [0.4, 0.5) is 5.69 Å². The maximum absolute atomic E-state index is 5.58. The van der Waals surface area contributed by atoms with Gasteiger partial charge in [0.25, 0.3) is 0 Å². The smallest absolute Gasteiger partial charge is 0.163 e. The molecule has 86 valence electrons. The second-order valence-corrected chi connectivity index (χ2v) is 4.25. The van der Waals surface area contributed by atoms with Crippen LogP contribution >= 0.6 is 0 Å². The van der Waals surface area contributed by atoms with Crippen molar-refractivity contribution < 1.29 is 9.47 Å². The van der Waals surface area contributed by atoms with Crippen LogP contribution in [0.1, 0.15) is 0 Å². The third kappa shape index (κ3) is 1.59. The van der Waals surface area contributed by atoms with E-state index in [1.165, 1.54) is 5.69 Å². The van der Waals surface area contributed by atoms with Crippen molar-refractivity contribution in [2.45, 2.75) is 6.04 Å². The zero-order chi connectivity index (χ0) is 11.0. The molecule has 1 aromatic rings. The first-order valence-electron chi connectivity index (χ1n) is 5.68. The summed E-state index contributed by atoms with van der Waals surface area (Å²) in [6.07, 6.45) is 0. The van der Waals surface area contributed by atoms with Gasteiger partial charge in [0.1, 0.15) is 13.2 Å². The summed E-state index contributed by atoms with van der Waals surface area (Å²) in [4.78, 5) is 2.29. The summed E-state index contributed by atoms with van der Waals surface area (Å²) in [6.45, 7) is 3.41. The molecule has 0 spiro atoms. The predicted molar refractivity (Wildman–Crippen MR) is 62.5 cm³/mol. The zero-order valence-electron chi connectivity index (χ0n) is 9.40. The van der Waals surface area contributed by atoms with Crippen LogP contribution in [0.3, 0.4) is 0 Å². The number of hydrogen-bond acceptors (Lipinski definition) is 4. The molecular formula is C12H16N2O2. The predicted octanol–water partition coefficient (Wildman–Crippen LogP) is 0.866.